The van der Waals surface area contributed by atoms with Crippen LogP contribution in [0.2, 0.25) is 0 Å². The number of carbonyl (C=O) groups excluding carboxylic acids is 1. The van der Waals surface area contributed by atoms with Crippen molar-refractivity contribution in [1.29, 1.82) is 0 Å². The SMILES string of the molecule is COc1cccc(C2CC(NCCOC(N)=O)C2)c1. The summed E-state index contributed by atoms with van der Waals surface area (Å²) in [5.74, 6) is 1.49. The maximum absolute atomic E-state index is 10.4. The van der Waals surface area contributed by atoms with Crippen molar-refractivity contribution in [2.75, 3.05) is 20.3 Å². The number of ether oxygens (including phenoxy) is 2. The van der Waals surface area contributed by atoms with Crippen molar-refractivity contribution in [2.24, 2.45) is 5.73 Å². The molecule has 1 aromatic rings. The van der Waals surface area contributed by atoms with Crippen LogP contribution in [-0.2, 0) is 4.74 Å². The Balaban J connectivity index is 1.69. The lowest BCUT2D eigenvalue weighted by Gasteiger charge is -2.36. The standard InChI is InChI=1S/C14H20N2O3/c1-18-13-4-2-3-10(9-13)11-7-12(8-11)16-5-6-19-14(15)17/h2-4,9,11-12,16H,5-8H2,1H3,(H2,15,17). The highest BCUT2D eigenvalue weighted by Crippen LogP contribution is 2.37. The first-order chi connectivity index (χ1) is 9.19. The minimum atomic E-state index is -0.718. The van der Waals surface area contributed by atoms with E-state index in [0.717, 1.165) is 18.6 Å². The van der Waals surface area contributed by atoms with Crippen LogP contribution >= 0.6 is 0 Å². The molecule has 3 N–H and O–H groups in total. The zero-order chi connectivity index (χ0) is 13.7. The van der Waals surface area contributed by atoms with E-state index in [1.807, 2.05) is 12.1 Å². The number of amides is 1. The van der Waals surface area contributed by atoms with Gasteiger partial charge in [-0.05, 0) is 36.5 Å². The Hall–Kier alpha value is -1.75. The molecule has 0 atom stereocenters. The van der Waals surface area contributed by atoms with Crippen molar-refractivity contribution < 1.29 is 14.3 Å². The predicted molar refractivity (Wildman–Crippen MR) is 72.3 cm³/mol. The molecule has 0 heterocycles. The minimum Gasteiger partial charge on any atom is -0.497 e. The molecule has 19 heavy (non-hydrogen) atoms. The van der Waals surface area contributed by atoms with E-state index in [9.17, 15) is 4.79 Å². The minimum absolute atomic E-state index is 0.329. The number of nitrogens with one attached hydrogen (secondary N) is 1. The lowest BCUT2D eigenvalue weighted by Crippen LogP contribution is -2.41. The maximum atomic E-state index is 10.4. The van der Waals surface area contributed by atoms with Crippen LogP contribution in [0.15, 0.2) is 24.3 Å². The summed E-state index contributed by atoms with van der Waals surface area (Å²) in [4.78, 5) is 10.4. The molecular formula is C14H20N2O3. The summed E-state index contributed by atoms with van der Waals surface area (Å²) in [7, 11) is 1.68. The van der Waals surface area contributed by atoms with E-state index in [1.54, 1.807) is 7.11 Å². The van der Waals surface area contributed by atoms with Crippen molar-refractivity contribution in [3.63, 3.8) is 0 Å². The third kappa shape index (κ3) is 3.86. The van der Waals surface area contributed by atoms with Crippen LogP contribution in [0.4, 0.5) is 4.79 Å². The number of methoxy groups -OCH3 is 1. The number of nitrogens with two attached hydrogens (primary N) is 1. The molecule has 1 saturated carbocycles. The quantitative estimate of drug-likeness (QED) is 0.766. The molecule has 1 fully saturated rings. The van der Waals surface area contributed by atoms with Gasteiger partial charge < -0.3 is 20.5 Å². The Labute approximate surface area is 113 Å². The molecule has 0 aliphatic heterocycles. The normalized spacial score (nSPS) is 21.5. The highest BCUT2D eigenvalue weighted by molar-refractivity contribution is 5.64. The third-order valence-corrected chi connectivity index (χ3v) is 3.48. The topological polar surface area (TPSA) is 73.6 Å². The van der Waals surface area contributed by atoms with Gasteiger partial charge in [0.05, 0.1) is 7.11 Å². The van der Waals surface area contributed by atoms with Gasteiger partial charge in [-0.2, -0.15) is 0 Å². The number of hydrogen-bond acceptors (Lipinski definition) is 4. The van der Waals surface area contributed by atoms with E-state index < -0.39 is 6.09 Å². The van der Waals surface area contributed by atoms with Crippen LogP contribution in [0, 0.1) is 0 Å². The van der Waals surface area contributed by atoms with Gasteiger partial charge in [0.1, 0.15) is 12.4 Å². The summed E-state index contributed by atoms with van der Waals surface area (Å²) < 4.78 is 9.89. The summed E-state index contributed by atoms with van der Waals surface area (Å²) in [6, 6.07) is 8.71. The van der Waals surface area contributed by atoms with Crippen LogP contribution < -0.4 is 15.8 Å². The second-order valence-corrected chi connectivity index (χ2v) is 4.76. The molecule has 2 rings (SSSR count). The van der Waals surface area contributed by atoms with E-state index in [2.05, 4.69) is 22.2 Å². The fourth-order valence-electron chi connectivity index (χ4n) is 2.37. The summed E-state index contributed by atoms with van der Waals surface area (Å²) >= 11 is 0. The number of hydrogen-bond donors (Lipinski definition) is 2. The second-order valence-electron chi connectivity index (χ2n) is 4.76. The number of benzene rings is 1. The van der Waals surface area contributed by atoms with Crippen molar-refractivity contribution in [1.82, 2.24) is 5.32 Å². The summed E-state index contributed by atoms with van der Waals surface area (Å²) in [5.41, 5.74) is 6.21. The molecule has 0 bridgehead atoms. The van der Waals surface area contributed by atoms with Crippen molar-refractivity contribution in [3.8, 4) is 5.75 Å². The molecule has 0 spiro atoms. The summed E-state index contributed by atoms with van der Waals surface area (Å²) in [5, 5.41) is 3.34. The highest BCUT2D eigenvalue weighted by Gasteiger charge is 2.29. The Morgan fingerprint density at radius 2 is 2.26 bits per heavy atom. The van der Waals surface area contributed by atoms with Crippen molar-refractivity contribution in [2.45, 2.75) is 24.8 Å². The fraction of sp³-hybridized carbons (Fsp3) is 0.500. The molecule has 1 aliphatic carbocycles. The maximum Gasteiger partial charge on any atom is 0.404 e. The van der Waals surface area contributed by atoms with Gasteiger partial charge in [0.25, 0.3) is 0 Å². The largest absolute Gasteiger partial charge is 0.497 e. The van der Waals surface area contributed by atoms with Gasteiger partial charge >= 0.3 is 6.09 Å². The Bertz CT molecular complexity index is 430. The van der Waals surface area contributed by atoms with Gasteiger partial charge in [0.15, 0.2) is 0 Å². The first-order valence-corrected chi connectivity index (χ1v) is 6.48. The molecule has 1 amide bonds. The molecule has 1 aliphatic rings. The fourth-order valence-corrected chi connectivity index (χ4v) is 2.37. The Morgan fingerprint density at radius 3 is 2.95 bits per heavy atom. The van der Waals surface area contributed by atoms with Gasteiger partial charge in [-0.1, -0.05) is 12.1 Å². The van der Waals surface area contributed by atoms with Gasteiger partial charge in [0, 0.05) is 12.6 Å². The Morgan fingerprint density at radius 1 is 1.47 bits per heavy atom. The van der Waals surface area contributed by atoms with Gasteiger partial charge in [-0.15, -0.1) is 0 Å². The summed E-state index contributed by atoms with van der Waals surface area (Å²) in [6.45, 7) is 0.980. The van der Waals surface area contributed by atoms with Gasteiger partial charge in [0.2, 0.25) is 0 Å². The van der Waals surface area contributed by atoms with Gasteiger partial charge in [-0.25, -0.2) is 4.79 Å². The second kappa shape index (κ2) is 6.43. The van der Waals surface area contributed by atoms with E-state index in [4.69, 9.17) is 10.5 Å². The average molecular weight is 264 g/mol. The predicted octanol–water partition coefficient (Wildman–Crippen LogP) is 1.63. The monoisotopic (exact) mass is 264 g/mol. The molecule has 0 saturated heterocycles. The van der Waals surface area contributed by atoms with Crippen molar-refractivity contribution >= 4 is 6.09 Å². The smallest absolute Gasteiger partial charge is 0.404 e. The van der Waals surface area contributed by atoms with E-state index >= 15 is 0 Å². The van der Waals surface area contributed by atoms with Crippen LogP contribution in [0.3, 0.4) is 0 Å². The van der Waals surface area contributed by atoms with E-state index in [1.165, 1.54) is 5.56 Å². The summed E-state index contributed by atoms with van der Waals surface area (Å²) in [6.07, 6.45) is 1.48. The van der Waals surface area contributed by atoms with Crippen LogP contribution in [-0.4, -0.2) is 32.4 Å². The Kier molecular flexibility index (Phi) is 4.63. The zero-order valence-corrected chi connectivity index (χ0v) is 11.1. The molecule has 5 heteroatoms. The lowest BCUT2D eigenvalue weighted by molar-refractivity contribution is 0.152. The molecule has 0 radical (unpaired) electrons. The van der Waals surface area contributed by atoms with Crippen molar-refractivity contribution in [3.05, 3.63) is 29.8 Å². The van der Waals surface area contributed by atoms with Crippen LogP contribution in [0.25, 0.3) is 0 Å². The lowest BCUT2D eigenvalue weighted by atomic mass is 9.76. The third-order valence-electron chi connectivity index (χ3n) is 3.48. The molecule has 1 aromatic carbocycles. The highest BCUT2D eigenvalue weighted by atomic mass is 16.5. The number of carbonyl (C=O) groups is 1. The zero-order valence-electron chi connectivity index (χ0n) is 11.1. The average Bonchev–Trinajstić information content (AvgIpc) is 2.36. The first-order valence-electron chi connectivity index (χ1n) is 6.48. The molecule has 0 aromatic heterocycles. The molecule has 104 valence electrons. The number of primary amides is 1. The van der Waals surface area contributed by atoms with Crippen LogP contribution in [0.5, 0.6) is 5.75 Å². The van der Waals surface area contributed by atoms with Crippen LogP contribution in [0.1, 0.15) is 24.3 Å². The van der Waals surface area contributed by atoms with Gasteiger partial charge in [-0.3, -0.25) is 0 Å². The molecular weight excluding hydrogens is 244 g/mol. The first kappa shape index (κ1) is 13.7. The van der Waals surface area contributed by atoms with E-state index in [0.29, 0.717) is 25.1 Å². The number of rotatable bonds is 6. The van der Waals surface area contributed by atoms with E-state index in [-0.39, 0.29) is 0 Å². The molecule has 0 unspecified atom stereocenters. The molecule has 5 nitrogen and oxygen atoms in total.